The Bertz CT molecular complexity index is 1190. The lowest BCUT2D eigenvalue weighted by Crippen LogP contribution is -2.03. The van der Waals surface area contributed by atoms with E-state index >= 15 is 0 Å². The first kappa shape index (κ1) is 18.4. The van der Waals surface area contributed by atoms with Gasteiger partial charge < -0.3 is 16.4 Å². The van der Waals surface area contributed by atoms with Crippen LogP contribution in [-0.4, -0.2) is 4.98 Å². The van der Waals surface area contributed by atoms with Crippen LogP contribution in [0.15, 0.2) is 85.1 Å². The fraction of sp³-hybridized carbons (Fsp3) is 0. The zero-order valence-corrected chi connectivity index (χ0v) is 15.4. The Labute approximate surface area is 166 Å². The fourth-order valence-corrected chi connectivity index (χ4v) is 2.92. The molecule has 0 fully saturated rings. The third kappa shape index (κ3) is 4.16. The number of halogens is 2. The van der Waals surface area contributed by atoms with Crippen LogP contribution >= 0.6 is 0 Å². The number of benzene rings is 3. The van der Waals surface area contributed by atoms with Crippen molar-refractivity contribution in [3.05, 3.63) is 102 Å². The number of pyridine rings is 1. The van der Waals surface area contributed by atoms with Crippen LogP contribution in [-0.2, 0) is 0 Å². The van der Waals surface area contributed by atoms with Crippen molar-refractivity contribution in [2.24, 2.45) is 5.73 Å². The van der Waals surface area contributed by atoms with Crippen LogP contribution in [0.2, 0.25) is 0 Å². The number of hydrogen-bond donors (Lipinski definition) is 3. The Morgan fingerprint density at radius 2 is 1.66 bits per heavy atom. The van der Waals surface area contributed by atoms with Gasteiger partial charge in [0.15, 0.2) is 11.6 Å². The molecule has 1 aromatic heterocycles. The standard InChI is InChI=1S/C23H18F2N4/c24-18-11-9-16(13-19(18)25)27-14-20(26)23-12-10-17-21(7-4-8-22(17)29-23)28-15-5-2-1-3-6-15/h1-14,27-28H,26H2/b20-14-. The van der Waals surface area contributed by atoms with E-state index in [0.29, 0.717) is 17.1 Å². The van der Waals surface area contributed by atoms with Crippen molar-refractivity contribution in [2.45, 2.75) is 0 Å². The maximum Gasteiger partial charge on any atom is 0.160 e. The van der Waals surface area contributed by atoms with Gasteiger partial charge >= 0.3 is 0 Å². The number of anilines is 3. The molecule has 3 aromatic carbocycles. The van der Waals surface area contributed by atoms with E-state index in [1.165, 1.54) is 12.3 Å². The maximum atomic E-state index is 13.3. The van der Waals surface area contributed by atoms with E-state index in [0.717, 1.165) is 34.4 Å². The molecular formula is C23H18F2N4. The lowest BCUT2D eigenvalue weighted by molar-refractivity contribution is 0.509. The quantitative estimate of drug-likeness (QED) is 0.415. The van der Waals surface area contributed by atoms with E-state index in [4.69, 9.17) is 5.73 Å². The first-order chi connectivity index (χ1) is 14.1. The Kier molecular flexibility index (Phi) is 5.07. The number of rotatable bonds is 5. The Balaban J connectivity index is 1.59. The minimum Gasteiger partial charge on any atom is -0.396 e. The van der Waals surface area contributed by atoms with Gasteiger partial charge in [0.1, 0.15) is 0 Å². The summed E-state index contributed by atoms with van der Waals surface area (Å²) in [6.07, 6.45) is 1.51. The van der Waals surface area contributed by atoms with E-state index in [-0.39, 0.29) is 0 Å². The van der Waals surface area contributed by atoms with Gasteiger partial charge in [-0.25, -0.2) is 13.8 Å². The van der Waals surface area contributed by atoms with Crippen molar-refractivity contribution in [2.75, 3.05) is 10.6 Å². The molecule has 0 aliphatic heterocycles. The third-order valence-corrected chi connectivity index (χ3v) is 4.39. The van der Waals surface area contributed by atoms with Crippen molar-refractivity contribution in [3.63, 3.8) is 0 Å². The lowest BCUT2D eigenvalue weighted by atomic mass is 10.1. The summed E-state index contributed by atoms with van der Waals surface area (Å²) in [5, 5.41) is 7.20. The third-order valence-electron chi connectivity index (χ3n) is 4.39. The van der Waals surface area contributed by atoms with Crippen LogP contribution in [0.1, 0.15) is 5.69 Å². The Hall–Kier alpha value is -3.93. The Morgan fingerprint density at radius 1 is 0.828 bits per heavy atom. The highest BCUT2D eigenvalue weighted by atomic mass is 19.2. The summed E-state index contributed by atoms with van der Waals surface area (Å²) in [6.45, 7) is 0. The summed E-state index contributed by atoms with van der Waals surface area (Å²) in [4.78, 5) is 4.61. The minimum atomic E-state index is -0.927. The van der Waals surface area contributed by atoms with Gasteiger partial charge in [0.05, 0.1) is 16.9 Å². The first-order valence-corrected chi connectivity index (χ1v) is 8.99. The summed E-state index contributed by atoms with van der Waals surface area (Å²) < 4.78 is 26.3. The molecule has 0 aliphatic rings. The summed E-state index contributed by atoms with van der Waals surface area (Å²) in [7, 11) is 0. The molecule has 6 heteroatoms. The van der Waals surface area contributed by atoms with E-state index in [1.807, 2.05) is 60.7 Å². The van der Waals surface area contributed by atoms with Gasteiger partial charge in [-0.1, -0.05) is 24.3 Å². The SMILES string of the molecule is N/C(=C\Nc1ccc(F)c(F)c1)c1ccc2c(Nc3ccccc3)cccc2n1. The molecule has 144 valence electrons. The molecule has 29 heavy (non-hydrogen) atoms. The number of nitrogens with one attached hydrogen (secondary N) is 2. The molecular weight excluding hydrogens is 370 g/mol. The van der Waals surface area contributed by atoms with E-state index in [1.54, 1.807) is 0 Å². The van der Waals surface area contributed by atoms with Gasteiger partial charge in [-0.2, -0.15) is 0 Å². The van der Waals surface area contributed by atoms with Crippen LogP contribution in [0.4, 0.5) is 25.8 Å². The maximum absolute atomic E-state index is 13.3. The summed E-state index contributed by atoms with van der Waals surface area (Å²) in [6, 6.07) is 23.0. The fourth-order valence-electron chi connectivity index (χ4n) is 2.92. The zero-order chi connectivity index (χ0) is 20.2. The molecule has 0 unspecified atom stereocenters. The van der Waals surface area contributed by atoms with Crippen molar-refractivity contribution >= 4 is 33.7 Å². The van der Waals surface area contributed by atoms with Gasteiger partial charge in [0, 0.05) is 34.7 Å². The molecule has 0 amide bonds. The topological polar surface area (TPSA) is 63.0 Å². The average molecular weight is 388 g/mol. The van der Waals surface area contributed by atoms with Crippen molar-refractivity contribution in [3.8, 4) is 0 Å². The normalized spacial score (nSPS) is 11.4. The smallest absolute Gasteiger partial charge is 0.160 e. The van der Waals surface area contributed by atoms with Crippen LogP contribution in [0.3, 0.4) is 0 Å². The number of para-hydroxylation sites is 1. The number of fused-ring (bicyclic) bond motifs is 1. The molecule has 0 bridgehead atoms. The van der Waals surface area contributed by atoms with Crippen molar-refractivity contribution in [1.29, 1.82) is 0 Å². The number of nitrogens with zero attached hydrogens (tertiary/aromatic N) is 1. The molecule has 4 rings (SSSR count). The largest absolute Gasteiger partial charge is 0.396 e. The number of nitrogens with two attached hydrogens (primary N) is 1. The van der Waals surface area contributed by atoms with Crippen LogP contribution in [0.5, 0.6) is 0 Å². The van der Waals surface area contributed by atoms with Gasteiger partial charge in [0.2, 0.25) is 0 Å². The molecule has 0 saturated heterocycles. The average Bonchev–Trinajstić information content (AvgIpc) is 2.75. The number of aromatic nitrogens is 1. The summed E-state index contributed by atoms with van der Waals surface area (Å²) in [5.41, 5.74) is 10.2. The van der Waals surface area contributed by atoms with E-state index < -0.39 is 11.6 Å². The Morgan fingerprint density at radius 3 is 2.45 bits per heavy atom. The van der Waals surface area contributed by atoms with Gasteiger partial charge in [0.25, 0.3) is 0 Å². The van der Waals surface area contributed by atoms with Crippen molar-refractivity contribution in [1.82, 2.24) is 4.98 Å². The molecule has 4 nitrogen and oxygen atoms in total. The molecule has 0 saturated carbocycles. The highest BCUT2D eigenvalue weighted by molar-refractivity contribution is 5.94. The highest BCUT2D eigenvalue weighted by Crippen LogP contribution is 2.26. The second-order valence-corrected chi connectivity index (χ2v) is 6.43. The van der Waals surface area contributed by atoms with Gasteiger partial charge in [-0.3, -0.25) is 0 Å². The monoisotopic (exact) mass is 388 g/mol. The molecule has 4 N–H and O–H groups in total. The van der Waals surface area contributed by atoms with Crippen LogP contribution < -0.4 is 16.4 Å². The summed E-state index contributed by atoms with van der Waals surface area (Å²) >= 11 is 0. The highest BCUT2D eigenvalue weighted by Gasteiger charge is 2.06. The van der Waals surface area contributed by atoms with Gasteiger partial charge in [-0.05, 0) is 48.5 Å². The minimum absolute atomic E-state index is 0.373. The summed E-state index contributed by atoms with van der Waals surface area (Å²) in [5.74, 6) is -1.83. The van der Waals surface area contributed by atoms with Crippen molar-refractivity contribution < 1.29 is 8.78 Å². The second-order valence-electron chi connectivity index (χ2n) is 6.43. The molecule has 0 atom stereocenters. The molecule has 0 radical (unpaired) electrons. The van der Waals surface area contributed by atoms with Gasteiger partial charge in [-0.15, -0.1) is 0 Å². The molecule has 0 spiro atoms. The van der Waals surface area contributed by atoms with Crippen LogP contribution in [0.25, 0.3) is 16.6 Å². The second kappa shape index (κ2) is 7.98. The zero-order valence-electron chi connectivity index (χ0n) is 15.4. The predicted octanol–water partition coefficient (Wildman–Crippen LogP) is 5.63. The van der Waals surface area contributed by atoms with E-state index in [9.17, 15) is 8.78 Å². The van der Waals surface area contributed by atoms with E-state index in [2.05, 4.69) is 15.6 Å². The predicted molar refractivity (Wildman–Crippen MR) is 114 cm³/mol. The first-order valence-electron chi connectivity index (χ1n) is 8.99. The molecule has 1 heterocycles. The lowest BCUT2D eigenvalue weighted by Gasteiger charge is -2.11. The molecule has 4 aromatic rings. The van der Waals surface area contributed by atoms with Crippen LogP contribution in [0, 0.1) is 11.6 Å². The number of hydrogen-bond acceptors (Lipinski definition) is 4. The molecule has 0 aliphatic carbocycles.